The molecule has 0 aromatic rings. The first kappa shape index (κ1) is 22.0. The third-order valence-corrected chi connectivity index (χ3v) is 5.86. The quantitative estimate of drug-likeness (QED) is 0.348. The summed E-state index contributed by atoms with van der Waals surface area (Å²) in [5.41, 5.74) is 0. The van der Waals surface area contributed by atoms with Gasteiger partial charge in [0, 0.05) is 40.3 Å². The van der Waals surface area contributed by atoms with Crippen molar-refractivity contribution in [2.75, 3.05) is 46.8 Å². The topological polar surface area (TPSA) is 60.0 Å². The van der Waals surface area contributed by atoms with E-state index in [2.05, 4.69) is 22.5 Å². The Bertz CT molecular complexity index is 459. The minimum absolute atomic E-state index is 0.0749. The maximum Gasteiger partial charge on any atom is 0.239 e. The smallest absolute Gasteiger partial charge is 0.239 e. The molecule has 0 aromatic carbocycles. The fraction of sp³-hybridized carbons (Fsp3) is 0.905. The van der Waals surface area contributed by atoms with Gasteiger partial charge < -0.3 is 15.5 Å². The van der Waals surface area contributed by atoms with E-state index in [1.807, 2.05) is 14.1 Å². The van der Waals surface area contributed by atoms with Gasteiger partial charge in [-0.25, -0.2) is 0 Å². The highest BCUT2D eigenvalue weighted by Gasteiger charge is 2.30. The summed E-state index contributed by atoms with van der Waals surface area (Å²) in [5.74, 6) is 2.14. The Hall–Kier alpha value is -1.30. The predicted molar refractivity (Wildman–Crippen MR) is 113 cm³/mol. The fourth-order valence-corrected chi connectivity index (χ4v) is 4.37. The standard InChI is InChI=1S/C21H41N5O/c1-4-22-21(23-14-7-12-18-10-5-6-11-18)24-15-9-17-26-16-8-13-19(26)20(27)25(2)3/h18-19H,4-17H2,1-3H3,(H2,22,23,24). The molecule has 156 valence electrons. The number of aliphatic imine (C=N–C) groups is 1. The van der Waals surface area contributed by atoms with Gasteiger partial charge in [0.15, 0.2) is 5.96 Å². The van der Waals surface area contributed by atoms with E-state index in [1.165, 1.54) is 38.5 Å². The van der Waals surface area contributed by atoms with Crippen LogP contribution in [0.4, 0.5) is 0 Å². The first-order valence-corrected chi connectivity index (χ1v) is 11.1. The summed E-state index contributed by atoms with van der Waals surface area (Å²) in [5, 5.41) is 6.83. The Kier molecular flexibility index (Phi) is 9.95. The van der Waals surface area contributed by atoms with E-state index >= 15 is 0 Å². The molecule has 2 N–H and O–H groups in total. The van der Waals surface area contributed by atoms with Crippen LogP contribution in [0, 0.1) is 5.92 Å². The molecular weight excluding hydrogens is 338 g/mol. The predicted octanol–water partition coefficient (Wildman–Crippen LogP) is 2.45. The van der Waals surface area contributed by atoms with Crippen LogP contribution in [-0.2, 0) is 4.79 Å². The minimum Gasteiger partial charge on any atom is -0.357 e. The molecule has 1 saturated carbocycles. The molecule has 1 unspecified atom stereocenters. The van der Waals surface area contributed by atoms with Gasteiger partial charge in [-0.2, -0.15) is 0 Å². The molecule has 2 aliphatic rings. The van der Waals surface area contributed by atoms with E-state index in [0.29, 0.717) is 0 Å². The van der Waals surface area contributed by atoms with Gasteiger partial charge in [0.25, 0.3) is 0 Å². The fourth-order valence-electron chi connectivity index (χ4n) is 4.37. The van der Waals surface area contributed by atoms with Gasteiger partial charge >= 0.3 is 0 Å². The molecule has 6 heteroatoms. The number of nitrogens with zero attached hydrogens (tertiary/aromatic N) is 3. The van der Waals surface area contributed by atoms with Crippen LogP contribution in [0.2, 0.25) is 0 Å². The maximum atomic E-state index is 12.3. The number of rotatable bonds is 10. The lowest BCUT2D eigenvalue weighted by Gasteiger charge is -2.25. The molecule has 1 atom stereocenters. The molecule has 1 aliphatic carbocycles. The molecule has 0 bridgehead atoms. The molecule has 1 saturated heterocycles. The van der Waals surface area contributed by atoms with Gasteiger partial charge in [-0.1, -0.05) is 25.7 Å². The van der Waals surface area contributed by atoms with Crippen molar-refractivity contribution in [3.63, 3.8) is 0 Å². The monoisotopic (exact) mass is 379 g/mol. The Balaban J connectivity index is 1.65. The normalized spacial score (nSPS) is 21.6. The lowest BCUT2D eigenvalue weighted by molar-refractivity contribution is -0.133. The summed E-state index contributed by atoms with van der Waals surface area (Å²) < 4.78 is 0. The van der Waals surface area contributed by atoms with E-state index in [4.69, 9.17) is 4.99 Å². The van der Waals surface area contributed by atoms with Crippen molar-refractivity contribution in [1.29, 1.82) is 0 Å². The van der Waals surface area contributed by atoms with Crippen LogP contribution in [0.15, 0.2) is 4.99 Å². The summed E-state index contributed by atoms with van der Waals surface area (Å²) in [6.07, 6.45) is 11.4. The van der Waals surface area contributed by atoms with Crippen LogP contribution < -0.4 is 10.6 Å². The number of hydrogen-bond donors (Lipinski definition) is 2. The van der Waals surface area contributed by atoms with E-state index in [1.54, 1.807) is 4.90 Å². The van der Waals surface area contributed by atoms with Crippen molar-refractivity contribution in [1.82, 2.24) is 20.4 Å². The van der Waals surface area contributed by atoms with Crippen LogP contribution in [0.25, 0.3) is 0 Å². The molecule has 2 fully saturated rings. The third-order valence-electron chi connectivity index (χ3n) is 5.86. The lowest BCUT2D eigenvalue weighted by Crippen LogP contribution is -2.43. The largest absolute Gasteiger partial charge is 0.357 e. The summed E-state index contributed by atoms with van der Waals surface area (Å²) in [6.45, 7) is 6.80. The maximum absolute atomic E-state index is 12.3. The van der Waals surface area contributed by atoms with E-state index < -0.39 is 0 Å². The van der Waals surface area contributed by atoms with Gasteiger partial charge in [-0.15, -0.1) is 0 Å². The Morgan fingerprint density at radius 3 is 2.59 bits per heavy atom. The molecule has 0 spiro atoms. The number of hydrogen-bond acceptors (Lipinski definition) is 3. The third kappa shape index (κ3) is 7.68. The zero-order valence-corrected chi connectivity index (χ0v) is 17.8. The molecule has 27 heavy (non-hydrogen) atoms. The van der Waals surface area contributed by atoms with Crippen molar-refractivity contribution in [3.05, 3.63) is 0 Å². The Labute approximate surface area is 166 Å². The zero-order chi connectivity index (χ0) is 19.5. The Morgan fingerprint density at radius 1 is 1.11 bits per heavy atom. The van der Waals surface area contributed by atoms with Crippen molar-refractivity contribution < 1.29 is 4.79 Å². The summed E-state index contributed by atoms with van der Waals surface area (Å²) in [6, 6.07) is 0.0749. The second-order valence-corrected chi connectivity index (χ2v) is 8.26. The van der Waals surface area contributed by atoms with Gasteiger partial charge in [0.2, 0.25) is 5.91 Å². The molecule has 2 rings (SSSR count). The SMILES string of the molecule is CCNC(=NCCCN1CCCC1C(=O)N(C)C)NCCCC1CCCC1. The lowest BCUT2D eigenvalue weighted by atomic mass is 10.0. The number of nitrogens with one attached hydrogen (secondary N) is 2. The van der Waals surface area contributed by atoms with Crippen LogP contribution in [0.1, 0.15) is 64.7 Å². The van der Waals surface area contributed by atoms with Crippen molar-refractivity contribution in [2.45, 2.75) is 70.8 Å². The van der Waals surface area contributed by atoms with E-state index in [0.717, 1.165) is 63.9 Å². The molecule has 1 aliphatic heterocycles. The van der Waals surface area contributed by atoms with Gasteiger partial charge in [-0.3, -0.25) is 14.7 Å². The molecule has 1 amide bonds. The summed E-state index contributed by atoms with van der Waals surface area (Å²) in [4.78, 5) is 21.0. The van der Waals surface area contributed by atoms with Crippen molar-refractivity contribution in [2.24, 2.45) is 10.9 Å². The molecule has 1 heterocycles. The summed E-state index contributed by atoms with van der Waals surface area (Å²) in [7, 11) is 3.70. The first-order chi connectivity index (χ1) is 13.1. The molecular formula is C21H41N5O. The van der Waals surface area contributed by atoms with Crippen LogP contribution in [0.5, 0.6) is 0 Å². The highest BCUT2D eigenvalue weighted by Crippen LogP contribution is 2.28. The number of likely N-dealkylation sites (tertiary alicyclic amines) is 1. The average molecular weight is 380 g/mol. The van der Waals surface area contributed by atoms with Crippen molar-refractivity contribution in [3.8, 4) is 0 Å². The number of guanidine groups is 1. The molecule has 0 aromatic heterocycles. The summed E-state index contributed by atoms with van der Waals surface area (Å²) >= 11 is 0. The van der Waals surface area contributed by atoms with E-state index in [-0.39, 0.29) is 11.9 Å². The van der Waals surface area contributed by atoms with Crippen LogP contribution in [-0.4, -0.2) is 74.5 Å². The van der Waals surface area contributed by atoms with Gasteiger partial charge in [0.1, 0.15) is 0 Å². The average Bonchev–Trinajstić information content (AvgIpc) is 3.33. The second kappa shape index (κ2) is 12.2. The van der Waals surface area contributed by atoms with E-state index in [9.17, 15) is 4.79 Å². The zero-order valence-electron chi connectivity index (χ0n) is 17.8. The van der Waals surface area contributed by atoms with Crippen LogP contribution in [0.3, 0.4) is 0 Å². The number of carbonyl (C=O) groups excluding carboxylic acids is 1. The van der Waals surface area contributed by atoms with Gasteiger partial charge in [-0.05, 0) is 51.5 Å². The Morgan fingerprint density at radius 2 is 1.89 bits per heavy atom. The number of carbonyl (C=O) groups is 1. The van der Waals surface area contributed by atoms with Crippen LogP contribution >= 0.6 is 0 Å². The minimum atomic E-state index is 0.0749. The molecule has 6 nitrogen and oxygen atoms in total. The number of likely N-dealkylation sites (N-methyl/N-ethyl adjacent to an activating group) is 1. The first-order valence-electron chi connectivity index (χ1n) is 11.1. The second-order valence-electron chi connectivity index (χ2n) is 8.26. The van der Waals surface area contributed by atoms with Crippen molar-refractivity contribution >= 4 is 11.9 Å². The highest BCUT2D eigenvalue weighted by molar-refractivity contribution is 5.81. The molecule has 0 radical (unpaired) electrons. The van der Waals surface area contributed by atoms with Gasteiger partial charge in [0.05, 0.1) is 6.04 Å². The highest BCUT2D eigenvalue weighted by atomic mass is 16.2. The number of amides is 1.